The Labute approximate surface area is 149 Å². The van der Waals surface area contributed by atoms with Crippen molar-refractivity contribution in [2.45, 2.75) is 55.0 Å². The first-order valence-corrected chi connectivity index (χ1v) is 11.4. The van der Waals surface area contributed by atoms with Gasteiger partial charge in [-0.25, -0.2) is 21.1 Å². The van der Waals surface area contributed by atoms with Crippen LogP contribution in [0.15, 0.2) is 21.9 Å². The van der Waals surface area contributed by atoms with E-state index >= 15 is 0 Å². The van der Waals surface area contributed by atoms with Crippen molar-refractivity contribution < 1.29 is 16.8 Å². The lowest BCUT2D eigenvalue weighted by Crippen LogP contribution is -2.49. The van der Waals surface area contributed by atoms with E-state index in [2.05, 4.69) is 10.0 Å². The summed E-state index contributed by atoms with van der Waals surface area (Å²) in [7, 11) is -4.62. The van der Waals surface area contributed by atoms with E-state index in [0.29, 0.717) is 11.3 Å². The molecule has 0 saturated heterocycles. The molecular formula is C16H25N3O4S2. The number of rotatable bonds is 3. The van der Waals surface area contributed by atoms with Gasteiger partial charge < -0.3 is 5.32 Å². The minimum atomic E-state index is -3.77. The van der Waals surface area contributed by atoms with Gasteiger partial charge in [-0.3, -0.25) is 0 Å². The van der Waals surface area contributed by atoms with Gasteiger partial charge in [0, 0.05) is 14.1 Å². The maximum absolute atomic E-state index is 12.8. The monoisotopic (exact) mass is 387 g/mol. The van der Waals surface area contributed by atoms with Crippen LogP contribution in [0.2, 0.25) is 0 Å². The summed E-state index contributed by atoms with van der Waals surface area (Å²) >= 11 is 0. The van der Waals surface area contributed by atoms with E-state index in [1.54, 1.807) is 6.92 Å². The van der Waals surface area contributed by atoms with Crippen LogP contribution in [0.5, 0.6) is 0 Å². The molecule has 1 unspecified atom stereocenters. The van der Waals surface area contributed by atoms with Crippen molar-refractivity contribution in [3.8, 4) is 0 Å². The topological polar surface area (TPSA) is 95.6 Å². The highest BCUT2D eigenvalue weighted by atomic mass is 32.2. The molecule has 1 aliphatic carbocycles. The zero-order valence-electron chi connectivity index (χ0n) is 14.7. The lowest BCUT2D eigenvalue weighted by molar-refractivity contribution is 0.306. The van der Waals surface area contributed by atoms with E-state index in [0.717, 1.165) is 30.0 Å². The second kappa shape index (κ2) is 6.53. The van der Waals surface area contributed by atoms with Crippen LogP contribution in [0.1, 0.15) is 37.7 Å². The summed E-state index contributed by atoms with van der Waals surface area (Å²) in [6, 6.07) is 2.77. The number of nitrogens with zero attached hydrogens (tertiary/aromatic N) is 1. The average molecular weight is 388 g/mol. The molecular weight excluding hydrogens is 362 g/mol. The van der Waals surface area contributed by atoms with Crippen LogP contribution in [-0.4, -0.2) is 41.4 Å². The molecule has 1 atom stereocenters. The minimum Gasteiger partial charge on any atom is -0.367 e. The van der Waals surface area contributed by atoms with Crippen molar-refractivity contribution in [3.63, 3.8) is 0 Å². The Morgan fingerprint density at radius 2 is 1.76 bits per heavy atom. The molecule has 9 heteroatoms. The van der Waals surface area contributed by atoms with Crippen molar-refractivity contribution >= 4 is 25.7 Å². The fourth-order valence-corrected chi connectivity index (χ4v) is 6.15. The molecule has 0 aromatic heterocycles. The molecule has 1 heterocycles. The van der Waals surface area contributed by atoms with E-state index < -0.39 is 20.0 Å². The smallest absolute Gasteiger partial charge is 0.244 e. The van der Waals surface area contributed by atoms with Crippen LogP contribution in [0.4, 0.5) is 5.69 Å². The first-order valence-electron chi connectivity index (χ1n) is 8.49. The molecule has 3 rings (SSSR count). The van der Waals surface area contributed by atoms with Crippen molar-refractivity contribution in [1.82, 2.24) is 9.03 Å². The summed E-state index contributed by atoms with van der Waals surface area (Å²) in [6.07, 6.45) is 5.04. The molecule has 25 heavy (non-hydrogen) atoms. The molecule has 0 radical (unpaired) electrons. The number of nitrogens with one attached hydrogen (secondary N) is 2. The third-order valence-corrected chi connectivity index (χ3v) is 8.30. The molecule has 1 aromatic carbocycles. The fourth-order valence-electron chi connectivity index (χ4n) is 3.58. The first-order chi connectivity index (χ1) is 11.6. The highest BCUT2D eigenvalue weighted by molar-refractivity contribution is 7.90. The largest absolute Gasteiger partial charge is 0.367 e. The summed E-state index contributed by atoms with van der Waals surface area (Å²) in [4.78, 5) is -0.0166. The number of hydrogen-bond donors (Lipinski definition) is 2. The van der Waals surface area contributed by atoms with Gasteiger partial charge in [-0.1, -0.05) is 19.3 Å². The summed E-state index contributed by atoms with van der Waals surface area (Å²) in [5, 5.41) is 3.30. The van der Waals surface area contributed by atoms with E-state index in [1.165, 1.54) is 32.6 Å². The van der Waals surface area contributed by atoms with Gasteiger partial charge in [0.25, 0.3) is 0 Å². The van der Waals surface area contributed by atoms with E-state index in [9.17, 15) is 16.8 Å². The average Bonchev–Trinajstić information content (AvgIpc) is 2.55. The number of fused-ring (bicyclic) bond motifs is 1. The number of benzene rings is 1. The van der Waals surface area contributed by atoms with E-state index in [1.807, 2.05) is 0 Å². The normalized spacial score (nSPS) is 23.9. The standard InChI is InChI=1S/C16H25N3O4S2/c1-11-9-13(25(22,23)19(2)3)10-14-15(11)17-16(18-24(14,20)21)12-7-5-4-6-8-12/h9-10,12,16-18H,4-8H2,1-3H3. The van der Waals surface area contributed by atoms with Crippen LogP contribution >= 0.6 is 0 Å². The molecule has 1 aliphatic heterocycles. The molecule has 2 N–H and O–H groups in total. The predicted molar refractivity (Wildman–Crippen MR) is 96.4 cm³/mol. The van der Waals surface area contributed by atoms with Gasteiger partial charge in [0.2, 0.25) is 20.0 Å². The molecule has 0 amide bonds. The quantitative estimate of drug-likeness (QED) is 0.825. The zero-order chi connectivity index (χ0) is 18.4. The van der Waals surface area contributed by atoms with Crippen molar-refractivity contribution in [2.75, 3.05) is 19.4 Å². The van der Waals surface area contributed by atoms with Crippen LogP contribution in [0.3, 0.4) is 0 Å². The van der Waals surface area contributed by atoms with Crippen LogP contribution in [0.25, 0.3) is 0 Å². The lowest BCUT2D eigenvalue weighted by atomic mass is 9.87. The van der Waals surface area contributed by atoms with Gasteiger partial charge in [-0.15, -0.1) is 0 Å². The van der Waals surface area contributed by atoms with Crippen LogP contribution in [0, 0.1) is 12.8 Å². The third kappa shape index (κ3) is 3.42. The maximum atomic E-state index is 12.8. The fraction of sp³-hybridized carbons (Fsp3) is 0.625. The van der Waals surface area contributed by atoms with Gasteiger partial charge in [0.1, 0.15) is 4.90 Å². The summed E-state index contributed by atoms with van der Waals surface area (Å²) in [5.74, 6) is 0.251. The first kappa shape index (κ1) is 18.6. The second-order valence-corrected chi connectivity index (χ2v) is 10.9. The summed E-state index contributed by atoms with van der Waals surface area (Å²) in [6.45, 7) is 1.74. The Bertz CT molecular complexity index is 873. The Kier molecular flexibility index (Phi) is 4.87. The maximum Gasteiger partial charge on any atom is 0.244 e. The van der Waals surface area contributed by atoms with Crippen molar-refractivity contribution in [1.29, 1.82) is 0 Å². The Morgan fingerprint density at radius 1 is 1.12 bits per heavy atom. The van der Waals surface area contributed by atoms with Gasteiger partial charge >= 0.3 is 0 Å². The zero-order valence-corrected chi connectivity index (χ0v) is 16.4. The summed E-state index contributed by atoms with van der Waals surface area (Å²) in [5.41, 5.74) is 1.12. The number of anilines is 1. The van der Waals surface area contributed by atoms with Crippen molar-refractivity contribution in [3.05, 3.63) is 17.7 Å². The Balaban J connectivity index is 2.05. The molecule has 0 spiro atoms. The Hall–Kier alpha value is -1.16. The van der Waals surface area contributed by atoms with E-state index in [-0.39, 0.29) is 21.9 Å². The van der Waals surface area contributed by atoms with Gasteiger partial charge in [0.15, 0.2) is 0 Å². The number of hydrogen-bond acceptors (Lipinski definition) is 5. The lowest BCUT2D eigenvalue weighted by Gasteiger charge is -2.36. The molecule has 140 valence electrons. The Morgan fingerprint density at radius 3 is 2.36 bits per heavy atom. The highest BCUT2D eigenvalue weighted by Crippen LogP contribution is 2.36. The van der Waals surface area contributed by atoms with Crippen LogP contribution < -0.4 is 10.0 Å². The molecule has 0 bridgehead atoms. The molecule has 7 nitrogen and oxygen atoms in total. The predicted octanol–water partition coefficient (Wildman–Crippen LogP) is 1.86. The number of sulfonamides is 2. The molecule has 1 aromatic rings. The second-order valence-electron chi connectivity index (χ2n) is 7.04. The summed E-state index contributed by atoms with van der Waals surface area (Å²) < 4.78 is 54.1. The SMILES string of the molecule is Cc1cc(S(=O)(=O)N(C)C)cc2c1NC(C1CCCCC1)NS2(=O)=O. The third-order valence-electron chi connectivity index (χ3n) is 5.04. The molecule has 1 saturated carbocycles. The van der Waals surface area contributed by atoms with Gasteiger partial charge in [-0.2, -0.15) is 4.72 Å². The minimum absolute atomic E-state index is 0.0000144. The number of aryl methyl sites for hydroxylation is 1. The molecule has 1 fully saturated rings. The van der Waals surface area contributed by atoms with E-state index in [4.69, 9.17) is 0 Å². The van der Waals surface area contributed by atoms with Crippen LogP contribution in [-0.2, 0) is 20.0 Å². The highest BCUT2D eigenvalue weighted by Gasteiger charge is 2.36. The van der Waals surface area contributed by atoms with Gasteiger partial charge in [-0.05, 0) is 43.4 Å². The molecule has 2 aliphatic rings. The van der Waals surface area contributed by atoms with Gasteiger partial charge in [0.05, 0.1) is 16.7 Å². The van der Waals surface area contributed by atoms with Crippen molar-refractivity contribution in [2.24, 2.45) is 5.92 Å².